The molecule has 0 saturated carbocycles. The molecule has 1 saturated heterocycles. The van der Waals surface area contributed by atoms with E-state index in [0.717, 1.165) is 31.0 Å². The number of benzene rings is 1. The maximum atomic E-state index is 5.97. The smallest absolute Gasteiger partial charge is 0.0808 e. The summed E-state index contributed by atoms with van der Waals surface area (Å²) in [6, 6.07) is 6.60. The van der Waals surface area contributed by atoms with Crippen LogP contribution in [-0.4, -0.2) is 32.7 Å². The highest BCUT2D eigenvalue weighted by molar-refractivity contribution is 5.81. The van der Waals surface area contributed by atoms with Gasteiger partial charge in [0.05, 0.1) is 17.1 Å². The highest BCUT2D eigenvalue weighted by Crippen LogP contribution is 2.31. The van der Waals surface area contributed by atoms with Gasteiger partial charge in [-0.3, -0.25) is 0 Å². The molecule has 1 aromatic rings. The fourth-order valence-corrected chi connectivity index (χ4v) is 2.24. The summed E-state index contributed by atoms with van der Waals surface area (Å²) in [4.78, 5) is 2.38. The second-order valence-corrected chi connectivity index (χ2v) is 4.29. The number of para-hydroxylation sites is 1. The van der Waals surface area contributed by atoms with E-state index < -0.39 is 0 Å². The van der Waals surface area contributed by atoms with E-state index in [1.165, 1.54) is 5.69 Å². The van der Waals surface area contributed by atoms with Crippen LogP contribution in [-0.2, 0) is 0 Å². The maximum Gasteiger partial charge on any atom is 0.0808 e. The third-order valence-corrected chi connectivity index (χ3v) is 3.03. The number of nitrogens with two attached hydrogens (primary N) is 1. The number of piperazine rings is 1. The van der Waals surface area contributed by atoms with Crippen molar-refractivity contribution in [2.45, 2.75) is 13.0 Å². The highest BCUT2D eigenvalue weighted by Gasteiger charge is 2.18. The molecule has 1 heterocycles. The van der Waals surface area contributed by atoms with Gasteiger partial charge in [0, 0.05) is 32.7 Å². The van der Waals surface area contributed by atoms with Crippen LogP contribution < -0.4 is 21.3 Å². The van der Waals surface area contributed by atoms with Crippen LogP contribution in [0.2, 0.25) is 0 Å². The zero-order chi connectivity index (χ0) is 11.5. The van der Waals surface area contributed by atoms with Gasteiger partial charge in [-0.2, -0.15) is 0 Å². The summed E-state index contributed by atoms with van der Waals surface area (Å²) in [5.41, 5.74) is 9.02. The van der Waals surface area contributed by atoms with Crippen molar-refractivity contribution in [3.63, 3.8) is 0 Å². The van der Waals surface area contributed by atoms with Crippen LogP contribution in [0.5, 0.6) is 0 Å². The molecule has 0 unspecified atom stereocenters. The van der Waals surface area contributed by atoms with Gasteiger partial charge in [0.15, 0.2) is 0 Å². The van der Waals surface area contributed by atoms with E-state index in [4.69, 9.17) is 5.73 Å². The minimum absolute atomic E-state index is 0.528. The average molecular weight is 220 g/mol. The molecule has 0 spiro atoms. The van der Waals surface area contributed by atoms with Crippen molar-refractivity contribution in [1.82, 2.24) is 5.32 Å². The summed E-state index contributed by atoms with van der Waals surface area (Å²) in [7, 11) is 1.92. The van der Waals surface area contributed by atoms with E-state index in [2.05, 4.69) is 28.5 Å². The number of anilines is 3. The summed E-state index contributed by atoms with van der Waals surface area (Å²) in [6.45, 7) is 5.29. The van der Waals surface area contributed by atoms with Gasteiger partial charge in [-0.15, -0.1) is 0 Å². The molecular formula is C12H20N4. The van der Waals surface area contributed by atoms with Crippen molar-refractivity contribution in [3.05, 3.63) is 18.2 Å². The molecule has 1 aromatic carbocycles. The topological polar surface area (TPSA) is 53.3 Å². The lowest BCUT2D eigenvalue weighted by Crippen LogP contribution is -2.49. The molecule has 1 fully saturated rings. The average Bonchev–Trinajstić information content (AvgIpc) is 2.28. The minimum atomic E-state index is 0.528. The van der Waals surface area contributed by atoms with Crippen LogP contribution in [0.1, 0.15) is 6.92 Å². The summed E-state index contributed by atoms with van der Waals surface area (Å²) in [6.07, 6.45) is 0. The van der Waals surface area contributed by atoms with E-state index in [0.29, 0.717) is 6.04 Å². The highest BCUT2D eigenvalue weighted by atomic mass is 15.2. The molecule has 0 amide bonds. The van der Waals surface area contributed by atoms with Gasteiger partial charge in [-0.1, -0.05) is 6.07 Å². The second kappa shape index (κ2) is 4.61. The van der Waals surface area contributed by atoms with Gasteiger partial charge >= 0.3 is 0 Å². The van der Waals surface area contributed by atoms with Gasteiger partial charge in [0.1, 0.15) is 0 Å². The van der Waals surface area contributed by atoms with Crippen LogP contribution in [0.15, 0.2) is 18.2 Å². The van der Waals surface area contributed by atoms with E-state index in [1.54, 1.807) is 0 Å². The molecule has 2 rings (SSSR count). The Morgan fingerprint density at radius 3 is 3.00 bits per heavy atom. The maximum absolute atomic E-state index is 5.97. The number of hydrogen-bond donors (Lipinski definition) is 3. The van der Waals surface area contributed by atoms with Gasteiger partial charge in [0.2, 0.25) is 0 Å². The zero-order valence-electron chi connectivity index (χ0n) is 9.96. The van der Waals surface area contributed by atoms with Crippen molar-refractivity contribution >= 4 is 17.1 Å². The van der Waals surface area contributed by atoms with Gasteiger partial charge in [-0.25, -0.2) is 0 Å². The number of rotatable bonds is 2. The van der Waals surface area contributed by atoms with E-state index in [9.17, 15) is 0 Å². The lowest BCUT2D eigenvalue weighted by atomic mass is 10.1. The Balaban J connectivity index is 2.28. The minimum Gasteiger partial charge on any atom is -0.397 e. The molecule has 4 heteroatoms. The van der Waals surface area contributed by atoms with Gasteiger partial charge in [-0.05, 0) is 19.1 Å². The molecule has 16 heavy (non-hydrogen) atoms. The van der Waals surface area contributed by atoms with Crippen molar-refractivity contribution < 1.29 is 0 Å². The summed E-state index contributed by atoms with van der Waals surface area (Å²) < 4.78 is 0. The Labute approximate surface area is 96.8 Å². The number of hydrogen-bond acceptors (Lipinski definition) is 4. The SMILES string of the molecule is CNc1c(N)cccc1N1CCN[C@@H](C)C1. The molecule has 0 aliphatic carbocycles. The fraction of sp³-hybridized carbons (Fsp3) is 0.500. The summed E-state index contributed by atoms with van der Waals surface area (Å²) in [5.74, 6) is 0. The number of nitrogens with zero attached hydrogens (tertiary/aromatic N) is 1. The molecule has 1 aliphatic heterocycles. The van der Waals surface area contributed by atoms with Crippen LogP contribution in [0.3, 0.4) is 0 Å². The molecule has 0 bridgehead atoms. The second-order valence-electron chi connectivity index (χ2n) is 4.29. The standard InChI is InChI=1S/C12H20N4/c1-9-8-16(7-6-15-9)11-5-3-4-10(13)12(11)14-2/h3-5,9,14-15H,6-8,13H2,1-2H3/t9-/m0/s1. The Morgan fingerprint density at radius 1 is 1.50 bits per heavy atom. The number of nitrogen functional groups attached to an aromatic ring is 1. The van der Waals surface area contributed by atoms with E-state index in [-0.39, 0.29) is 0 Å². The summed E-state index contributed by atoms with van der Waals surface area (Å²) in [5, 5.41) is 6.63. The van der Waals surface area contributed by atoms with Crippen molar-refractivity contribution in [1.29, 1.82) is 0 Å². The zero-order valence-corrected chi connectivity index (χ0v) is 9.96. The Hall–Kier alpha value is -1.42. The quantitative estimate of drug-likeness (QED) is 0.654. The lowest BCUT2D eigenvalue weighted by Gasteiger charge is -2.35. The van der Waals surface area contributed by atoms with Crippen molar-refractivity contribution in [2.24, 2.45) is 0 Å². The lowest BCUT2D eigenvalue weighted by molar-refractivity contribution is 0.485. The van der Waals surface area contributed by atoms with Crippen LogP contribution in [0, 0.1) is 0 Å². The Morgan fingerprint density at radius 2 is 2.31 bits per heavy atom. The molecule has 1 atom stereocenters. The predicted molar refractivity (Wildman–Crippen MR) is 70.1 cm³/mol. The Bertz CT molecular complexity index is 364. The third-order valence-electron chi connectivity index (χ3n) is 3.03. The fourth-order valence-electron chi connectivity index (χ4n) is 2.24. The predicted octanol–water partition coefficient (Wildman–Crippen LogP) is 1.11. The first kappa shape index (κ1) is 11.1. The molecule has 0 radical (unpaired) electrons. The third kappa shape index (κ3) is 2.07. The number of nitrogens with one attached hydrogen (secondary N) is 2. The van der Waals surface area contributed by atoms with Crippen LogP contribution in [0.4, 0.5) is 17.1 Å². The first-order chi connectivity index (χ1) is 7.72. The molecule has 0 aromatic heterocycles. The monoisotopic (exact) mass is 220 g/mol. The van der Waals surface area contributed by atoms with Crippen LogP contribution in [0.25, 0.3) is 0 Å². The van der Waals surface area contributed by atoms with Crippen LogP contribution >= 0.6 is 0 Å². The Kier molecular flexibility index (Phi) is 3.19. The van der Waals surface area contributed by atoms with Crippen molar-refractivity contribution in [2.75, 3.05) is 42.6 Å². The van der Waals surface area contributed by atoms with E-state index in [1.807, 2.05) is 19.2 Å². The molecule has 4 N–H and O–H groups in total. The molecule has 1 aliphatic rings. The molecular weight excluding hydrogens is 200 g/mol. The summed E-state index contributed by atoms with van der Waals surface area (Å²) >= 11 is 0. The van der Waals surface area contributed by atoms with E-state index >= 15 is 0 Å². The first-order valence-electron chi connectivity index (χ1n) is 5.77. The first-order valence-corrected chi connectivity index (χ1v) is 5.77. The molecule has 88 valence electrons. The van der Waals surface area contributed by atoms with Gasteiger partial charge in [0.25, 0.3) is 0 Å². The largest absolute Gasteiger partial charge is 0.397 e. The van der Waals surface area contributed by atoms with Crippen molar-refractivity contribution in [3.8, 4) is 0 Å². The molecule has 4 nitrogen and oxygen atoms in total. The normalized spacial score (nSPS) is 20.9. The van der Waals surface area contributed by atoms with Gasteiger partial charge < -0.3 is 21.3 Å².